The van der Waals surface area contributed by atoms with E-state index in [1.807, 2.05) is 19.9 Å². The maximum absolute atomic E-state index is 11.0. The summed E-state index contributed by atoms with van der Waals surface area (Å²) in [5.41, 5.74) is 0.450. The van der Waals surface area contributed by atoms with Gasteiger partial charge in [0.25, 0.3) is 0 Å². The number of aliphatic carboxylic acids is 1. The van der Waals surface area contributed by atoms with Gasteiger partial charge in [-0.3, -0.25) is 0 Å². The highest BCUT2D eigenvalue weighted by Crippen LogP contribution is 2.11. The highest BCUT2D eigenvalue weighted by molar-refractivity contribution is 5.76. The molecule has 0 radical (unpaired) electrons. The smallest absolute Gasteiger partial charge is 0.326 e. The molecule has 0 unspecified atom stereocenters. The van der Waals surface area contributed by atoms with Gasteiger partial charge in [0, 0.05) is 6.20 Å². The van der Waals surface area contributed by atoms with Crippen LogP contribution in [-0.4, -0.2) is 22.1 Å². The molecule has 0 spiro atoms. The molecular formula is C12H15N3O2. The molecule has 17 heavy (non-hydrogen) atoms. The first-order chi connectivity index (χ1) is 8.02. The van der Waals surface area contributed by atoms with Crippen molar-refractivity contribution in [2.45, 2.75) is 26.3 Å². The standard InChI is InChI=1S/C12H15N3O2/c1-8(2)5-10(12(16)17)15-11-4-3-9(6-13)7-14-11/h3-4,7-8,10H,5H2,1-2H3,(H,14,15)(H,16,17)/t10-/m0/s1. The van der Waals surface area contributed by atoms with Crippen molar-refractivity contribution in [2.75, 3.05) is 5.32 Å². The Hall–Kier alpha value is -2.09. The maximum atomic E-state index is 11.0. The number of hydrogen-bond donors (Lipinski definition) is 2. The Morgan fingerprint density at radius 2 is 2.29 bits per heavy atom. The van der Waals surface area contributed by atoms with E-state index in [1.54, 1.807) is 12.1 Å². The van der Waals surface area contributed by atoms with Gasteiger partial charge < -0.3 is 10.4 Å². The van der Waals surface area contributed by atoms with E-state index in [0.717, 1.165) is 0 Å². The Morgan fingerprint density at radius 1 is 1.59 bits per heavy atom. The van der Waals surface area contributed by atoms with E-state index in [0.29, 0.717) is 17.8 Å². The van der Waals surface area contributed by atoms with Crippen molar-refractivity contribution in [2.24, 2.45) is 5.92 Å². The number of rotatable bonds is 5. The van der Waals surface area contributed by atoms with Gasteiger partial charge in [-0.25, -0.2) is 9.78 Å². The van der Waals surface area contributed by atoms with E-state index < -0.39 is 12.0 Å². The average Bonchev–Trinajstić information content (AvgIpc) is 2.28. The van der Waals surface area contributed by atoms with E-state index in [4.69, 9.17) is 10.4 Å². The summed E-state index contributed by atoms with van der Waals surface area (Å²) in [7, 11) is 0. The first-order valence-corrected chi connectivity index (χ1v) is 5.38. The number of carbonyl (C=O) groups is 1. The van der Waals surface area contributed by atoms with Crippen molar-refractivity contribution in [1.29, 1.82) is 5.26 Å². The highest BCUT2D eigenvalue weighted by atomic mass is 16.4. The lowest BCUT2D eigenvalue weighted by molar-refractivity contribution is -0.138. The molecule has 5 heteroatoms. The van der Waals surface area contributed by atoms with Crippen LogP contribution < -0.4 is 5.32 Å². The molecule has 1 aromatic heterocycles. The first-order valence-electron chi connectivity index (χ1n) is 5.38. The molecule has 90 valence electrons. The molecule has 0 aliphatic heterocycles. The fraction of sp³-hybridized carbons (Fsp3) is 0.417. The minimum absolute atomic E-state index is 0.280. The molecule has 0 aromatic carbocycles. The largest absolute Gasteiger partial charge is 0.480 e. The zero-order chi connectivity index (χ0) is 12.8. The Balaban J connectivity index is 2.72. The monoisotopic (exact) mass is 233 g/mol. The van der Waals surface area contributed by atoms with Gasteiger partial charge in [-0.1, -0.05) is 13.8 Å². The third-order valence-electron chi connectivity index (χ3n) is 2.22. The summed E-state index contributed by atoms with van der Waals surface area (Å²) in [6.07, 6.45) is 1.94. The molecule has 0 bridgehead atoms. The van der Waals surface area contributed by atoms with E-state index in [-0.39, 0.29) is 5.92 Å². The summed E-state index contributed by atoms with van der Waals surface area (Å²) in [4.78, 5) is 15.0. The minimum Gasteiger partial charge on any atom is -0.480 e. The fourth-order valence-electron chi connectivity index (χ4n) is 1.42. The summed E-state index contributed by atoms with van der Waals surface area (Å²) in [5, 5.41) is 20.5. The van der Waals surface area contributed by atoms with Crippen LogP contribution in [0.3, 0.4) is 0 Å². The second-order valence-electron chi connectivity index (χ2n) is 4.21. The van der Waals surface area contributed by atoms with E-state index in [2.05, 4.69) is 10.3 Å². The molecule has 1 aromatic rings. The Labute approximate surface area is 100 Å². The number of carboxylic acids is 1. The lowest BCUT2D eigenvalue weighted by Crippen LogP contribution is -2.31. The summed E-state index contributed by atoms with van der Waals surface area (Å²) in [6, 6.07) is 4.51. The van der Waals surface area contributed by atoms with Gasteiger partial charge in [0.2, 0.25) is 0 Å². The van der Waals surface area contributed by atoms with Crippen molar-refractivity contribution < 1.29 is 9.90 Å². The summed E-state index contributed by atoms with van der Waals surface area (Å²) >= 11 is 0. The van der Waals surface area contributed by atoms with Crippen LogP contribution in [0.5, 0.6) is 0 Å². The number of aromatic nitrogens is 1. The molecule has 2 N–H and O–H groups in total. The van der Waals surface area contributed by atoms with E-state index in [9.17, 15) is 4.79 Å². The van der Waals surface area contributed by atoms with Crippen molar-refractivity contribution in [3.8, 4) is 6.07 Å². The second kappa shape index (κ2) is 5.85. The zero-order valence-corrected chi connectivity index (χ0v) is 9.84. The number of pyridine rings is 1. The van der Waals surface area contributed by atoms with Crippen LogP contribution in [0.4, 0.5) is 5.82 Å². The van der Waals surface area contributed by atoms with Crippen LogP contribution in [0, 0.1) is 17.2 Å². The van der Waals surface area contributed by atoms with Crippen molar-refractivity contribution in [1.82, 2.24) is 4.98 Å². The molecule has 0 saturated carbocycles. The molecular weight excluding hydrogens is 218 g/mol. The highest BCUT2D eigenvalue weighted by Gasteiger charge is 2.18. The lowest BCUT2D eigenvalue weighted by atomic mass is 10.0. The molecule has 0 saturated heterocycles. The van der Waals surface area contributed by atoms with Crippen LogP contribution in [0.1, 0.15) is 25.8 Å². The summed E-state index contributed by atoms with van der Waals surface area (Å²) in [6.45, 7) is 3.92. The predicted octanol–water partition coefficient (Wildman–Crippen LogP) is 1.86. The van der Waals surface area contributed by atoms with Crippen LogP contribution >= 0.6 is 0 Å². The quantitative estimate of drug-likeness (QED) is 0.810. The Kier molecular flexibility index (Phi) is 4.46. The molecule has 0 amide bonds. The van der Waals surface area contributed by atoms with Gasteiger partial charge in [-0.2, -0.15) is 5.26 Å². The third-order valence-corrected chi connectivity index (χ3v) is 2.22. The molecule has 0 aliphatic rings. The fourth-order valence-corrected chi connectivity index (χ4v) is 1.42. The maximum Gasteiger partial charge on any atom is 0.326 e. The normalized spacial score (nSPS) is 11.9. The second-order valence-corrected chi connectivity index (χ2v) is 4.21. The van der Waals surface area contributed by atoms with Gasteiger partial charge in [-0.15, -0.1) is 0 Å². The molecule has 1 atom stereocenters. The summed E-state index contributed by atoms with van der Waals surface area (Å²) < 4.78 is 0. The van der Waals surface area contributed by atoms with Crippen molar-refractivity contribution >= 4 is 11.8 Å². The number of nitrogens with one attached hydrogen (secondary N) is 1. The van der Waals surface area contributed by atoms with E-state index >= 15 is 0 Å². The van der Waals surface area contributed by atoms with Gasteiger partial charge in [0.15, 0.2) is 0 Å². The minimum atomic E-state index is -0.898. The Bertz CT molecular complexity index is 420. The molecule has 0 fully saturated rings. The van der Waals surface area contributed by atoms with Crippen LogP contribution in [-0.2, 0) is 4.79 Å². The Morgan fingerprint density at radius 3 is 2.71 bits per heavy atom. The SMILES string of the molecule is CC(C)C[C@H](Nc1ccc(C#N)cn1)C(=O)O. The molecule has 5 nitrogen and oxygen atoms in total. The first kappa shape index (κ1) is 13.0. The van der Waals surface area contributed by atoms with Gasteiger partial charge in [-0.05, 0) is 24.5 Å². The number of nitriles is 1. The van der Waals surface area contributed by atoms with Gasteiger partial charge >= 0.3 is 5.97 Å². The molecule has 1 heterocycles. The van der Waals surface area contributed by atoms with Crippen molar-refractivity contribution in [3.63, 3.8) is 0 Å². The van der Waals surface area contributed by atoms with Gasteiger partial charge in [0.1, 0.15) is 17.9 Å². The number of hydrogen-bond acceptors (Lipinski definition) is 4. The predicted molar refractivity (Wildman–Crippen MR) is 63.5 cm³/mol. The molecule has 1 rings (SSSR count). The zero-order valence-electron chi connectivity index (χ0n) is 9.84. The topological polar surface area (TPSA) is 86.0 Å². The van der Waals surface area contributed by atoms with Crippen LogP contribution in [0.15, 0.2) is 18.3 Å². The number of anilines is 1. The third kappa shape index (κ3) is 4.11. The van der Waals surface area contributed by atoms with E-state index in [1.165, 1.54) is 6.20 Å². The van der Waals surface area contributed by atoms with Crippen LogP contribution in [0.2, 0.25) is 0 Å². The van der Waals surface area contributed by atoms with Gasteiger partial charge in [0.05, 0.1) is 5.56 Å². The average molecular weight is 233 g/mol. The van der Waals surface area contributed by atoms with Crippen LogP contribution in [0.25, 0.3) is 0 Å². The lowest BCUT2D eigenvalue weighted by Gasteiger charge is -2.16. The summed E-state index contributed by atoms with van der Waals surface area (Å²) in [5.74, 6) is -0.149. The number of carboxylic acid groups (broad SMARTS) is 1. The molecule has 0 aliphatic carbocycles. The number of nitrogens with zero attached hydrogens (tertiary/aromatic N) is 2. The van der Waals surface area contributed by atoms with Crippen molar-refractivity contribution in [3.05, 3.63) is 23.9 Å².